The summed E-state index contributed by atoms with van der Waals surface area (Å²) in [6.07, 6.45) is 0. The van der Waals surface area contributed by atoms with Gasteiger partial charge in [-0.2, -0.15) is 4.98 Å². The molecule has 0 saturated carbocycles. The van der Waals surface area contributed by atoms with Crippen LogP contribution in [0.4, 0.5) is 14.5 Å². The number of aryl methyl sites for hydroxylation is 1. The van der Waals surface area contributed by atoms with E-state index in [-0.39, 0.29) is 23.2 Å². The van der Waals surface area contributed by atoms with Crippen molar-refractivity contribution in [2.75, 3.05) is 5.73 Å². The highest BCUT2D eigenvalue weighted by Crippen LogP contribution is 2.28. The fourth-order valence-electron chi connectivity index (χ4n) is 2.01. The maximum absolute atomic E-state index is 13.3. The van der Waals surface area contributed by atoms with Crippen molar-refractivity contribution in [2.24, 2.45) is 0 Å². The molecule has 0 bridgehead atoms. The van der Waals surface area contributed by atoms with E-state index in [1.807, 2.05) is 6.92 Å². The van der Waals surface area contributed by atoms with Crippen molar-refractivity contribution in [3.63, 3.8) is 0 Å². The van der Waals surface area contributed by atoms with Gasteiger partial charge >= 0.3 is 0 Å². The second-order valence-electron chi connectivity index (χ2n) is 4.61. The highest BCUT2D eigenvalue weighted by atomic mass is 19.1. The van der Waals surface area contributed by atoms with Gasteiger partial charge in [0.2, 0.25) is 5.82 Å². The quantitative estimate of drug-likeness (QED) is 0.732. The van der Waals surface area contributed by atoms with Gasteiger partial charge in [0.15, 0.2) is 0 Å². The molecule has 1 heterocycles. The molecule has 0 saturated heterocycles. The Hall–Kier alpha value is -2.76. The van der Waals surface area contributed by atoms with Gasteiger partial charge in [-0.05, 0) is 42.8 Å². The van der Waals surface area contributed by atoms with Crippen LogP contribution in [-0.2, 0) is 0 Å². The molecular formula is C15H11F2N3O. The van der Waals surface area contributed by atoms with E-state index in [0.717, 1.165) is 5.56 Å². The number of halogens is 2. The van der Waals surface area contributed by atoms with Crippen LogP contribution in [-0.4, -0.2) is 10.1 Å². The molecule has 3 rings (SSSR count). The first-order valence-electron chi connectivity index (χ1n) is 6.20. The monoisotopic (exact) mass is 287 g/mol. The van der Waals surface area contributed by atoms with Crippen LogP contribution in [0.3, 0.4) is 0 Å². The van der Waals surface area contributed by atoms with Gasteiger partial charge in [-0.25, -0.2) is 8.78 Å². The van der Waals surface area contributed by atoms with E-state index in [2.05, 4.69) is 10.1 Å². The number of anilines is 1. The Balaban J connectivity index is 2.06. The number of rotatable bonds is 2. The molecule has 2 N–H and O–H groups in total. The maximum Gasteiger partial charge on any atom is 0.260 e. The van der Waals surface area contributed by atoms with E-state index in [1.165, 1.54) is 30.3 Å². The summed E-state index contributed by atoms with van der Waals surface area (Å²) in [6, 6.07) is 8.21. The van der Waals surface area contributed by atoms with Crippen LogP contribution in [0.2, 0.25) is 0 Å². The molecule has 21 heavy (non-hydrogen) atoms. The summed E-state index contributed by atoms with van der Waals surface area (Å²) in [5, 5.41) is 3.83. The van der Waals surface area contributed by atoms with E-state index >= 15 is 0 Å². The summed E-state index contributed by atoms with van der Waals surface area (Å²) in [4.78, 5) is 4.20. The Labute approximate surface area is 119 Å². The third-order valence-electron chi connectivity index (χ3n) is 3.11. The fraction of sp³-hybridized carbons (Fsp3) is 0.0667. The van der Waals surface area contributed by atoms with Gasteiger partial charge in [0, 0.05) is 11.3 Å². The molecule has 3 aromatic rings. The Kier molecular flexibility index (Phi) is 3.13. The molecule has 0 radical (unpaired) electrons. The van der Waals surface area contributed by atoms with Crippen molar-refractivity contribution in [3.05, 3.63) is 53.6 Å². The lowest BCUT2D eigenvalue weighted by Crippen LogP contribution is -1.92. The van der Waals surface area contributed by atoms with Crippen molar-refractivity contribution < 1.29 is 13.3 Å². The van der Waals surface area contributed by atoms with Gasteiger partial charge in [-0.15, -0.1) is 0 Å². The molecule has 0 spiro atoms. The van der Waals surface area contributed by atoms with Crippen LogP contribution in [0.5, 0.6) is 0 Å². The Bertz CT molecular complexity index is 814. The van der Waals surface area contributed by atoms with Gasteiger partial charge in [0.05, 0.1) is 5.56 Å². The first kappa shape index (κ1) is 13.2. The summed E-state index contributed by atoms with van der Waals surface area (Å²) in [5.74, 6) is -0.419. The van der Waals surface area contributed by atoms with Crippen LogP contribution in [0.25, 0.3) is 22.8 Å². The molecule has 4 nitrogen and oxygen atoms in total. The largest absolute Gasteiger partial charge is 0.398 e. The molecule has 6 heteroatoms. The van der Waals surface area contributed by atoms with Gasteiger partial charge in [-0.3, -0.25) is 0 Å². The number of hydrogen-bond acceptors (Lipinski definition) is 4. The zero-order valence-electron chi connectivity index (χ0n) is 11.1. The highest BCUT2D eigenvalue weighted by Gasteiger charge is 2.15. The maximum atomic E-state index is 13.3. The van der Waals surface area contributed by atoms with E-state index in [1.54, 1.807) is 6.07 Å². The van der Waals surface area contributed by atoms with Crippen molar-refractivity contribution >= 4 is 5.69 Å². The molecule has 0 aliphatic carbocycles. The third kappa shape index (κ3) is 2.47. The molecule has 0 aliphatic rings. The first-order valence-corrected chi connectivity index (χ1v) is 6.20. The van der Waals surface area contributed by atoms with Gasteiger partial charge < -0.3 is 10.3 Å². The molecule has 0 unspecified atom stereocenters. The van der Waals surface area contributed by atoms with E-state index in [9.17, 15) is 8.78 Å². The summed E-state index contributed by atoms with van der Waals surface area (Å²) >= 11 is 0. The molecule has 2 aromatic carbocycles. The van der Waals surface area contributed by atoms with E-state index in [4.69, 9.17) is 10.3 Å². The number of aromatic nitrogens is 2. The second kappa shape index (κ2) is 4.97. The molecule has 0 atom stereocenters. The van der Waals surface area contributed by atoms with E-state index in [0.29, 0.717) is 11.1 Å². The summed E-state index contributed by atoms with van der Waals surface area (Å²) in [7, 11) is 0. The molecule has 106 valence electrons. The van der Waals surface area contributed by atoms with Crippen LogP contribution in [0.1, 0.15) is 5.56 Å². The van der Waals surface area contributed by atoms with Crippen LogP contribution in [0, 0.1) is 18.6 Å². The Morgan fingerprint density at radius 3 is 2.48 bits per heavy atom. The zero-order valence-corrected chi connectivity index (χ0v) is 11.1. The average Bonchev–Trinajstić information content (AvgIpc) is 2.91. The van der Waals surface area contributed by atoms with Gasteiger partial charge in [-0.1, -0.05) is 11.2 Å². The summed E-state index contributed by atoms with van der Waals surface area (Å²) in [6.45, 7) is 1.82. The lowest BCUT2D eigenvalue weighted by molar-refractivity contribution is 0.432. The van der Waals surface area contributed by atoms with Gasteiger partial charge in [0.25, 0.3) is 5.89 Å². The van der Waals surface area contributed by atoms with Crippen LogP contribution in [0.15, 0.2) is 40.9 Å². The minimum atomic E-state index is -0.447. The highest BCUT2D eigenvalue weighted by molar-refractivity contribution is 5.71. The minimum absolute atomic E-state index is 0.158. The second-order valence-corrected chi connectivity index (χ2v) is 4.61. The molecule has 0 amide bonds. The Morgan fingerprint density at radius 2 is 1.71 bits per heavy atom. The van der Waals surface area contributed by atoms with Gasteiger partial charge in [0.1, 0.15) is 11.6 Å². The topological polar surface area (TPSA) is 64.9 Å². The first-order chi connectivity index (χ1) is 10.0. The smallest absolute Gasteiger partial charge is 0.260 e. The lowest BCUT2D eigenvalue weighted by atomic mass is 10.1. The molecule has 0 fully saturated rings. The van der Waals surface area contributed by atoms with Crippen molar-refractivity contribution in [2.45, 2.75) is 6.92 Å². The number of nitrogens with zero attached hydrogens (tertiary/aromatic N) is 2. The van der Waals surface area contributed by atoms with Crippen LogP contribution < -0.4 is 5.73 Å². The average molecular weight is 287 g/mol. The number of nitrogen functional groups attached to an aromatic ring is 1. The van der Waals surface area contributed by atoms with Crippen molar-refractivity contribution in [1.29, 1.82) is 0 Å². The lowest BCUT2D eigenvalue weighted by Gasteiger charge is -2.00. The molecular weight excluding hydrogens is 276 g/mol. The predicted octanol–water partition coefficient (Wildman–Crippen LogP) is 3.57. The number of nitrogens with two attached hydrogens (primary N) is 1. The normalized spacial score (nSPS) is 10.8. The minimum Gasteiger partial charge on any atom is -0.398 e. The van der Waals surface area contributed by atoms with Crippen LogP contribution >= 0.6 is 0 Å². The van der Waals surface area contributed by atoms with E-state index < -0.39 is 5.82 Å². The Morgan fingerprint density at radius 1 is 1.00 bits per heavy atom. The molecule has 1 aromatic heterocycles. The van der Waals surface area contributed by atoms with Crippen molar-refractivity contribution in [3.8, 4) is 22.8 Å². The number of benzene rings is 2. The predicted molar refractivity (Wildman–Crippen MR) is 74.2 cm³/mol. The zero-order chi connectivity index (χ0) is 15.0. The number of hydrogen-bond donors (Lipinski definition) is 1. The summed E-state index contributed by atoms with van der Waals surface area (Å²) < 4.78 is 31.5. The summed E-state index contributed by atoms with van der Waals surface area (Å²) in [5.41, 5.74) is 7.71. The molecule has 0 aliphatic heterocycles. The SMILES string of the molecule is Cc1ccc(F)cc1-c1noc(-c2ccc(F)cc2N)n1. The fourth-order valence-corrected chi connectivity index (χ4v) is 2.01. The third-order valence-corrected chi connectivity index (χ3v) is 3.11. The standard InChI is InChI=1S/C15H11F2N3O/c1-8-2-3-9(16)6-12(8)14-19-15(21-20-14)11-5-4-10(17)7-13(11)18/h2-7H,18H2,1H3. The van der Waals surface area contributed by atoms with Crippen molar-refractivity contribution in [1.82, 2.24) is 10.1 Å².